The summed E-state index contributed by atoms with van der Waals surface area (Å²) in [7, 11) is 0. The molecular formula is H5Cl3NdO. The third-order valence-corrected chi connectivity index (χ3v) is 0. The zero-order valence-corrected chi connectivity index (χ0v) is 7.88. The Morgan fingerprint density at radius 1 is 0.600 bits per heavy atom. The second kappa shape index (κ2) is 34.9. The van der Waals surface area contributed by atoms with Gasteiger partial charge in [-0.2, -0.15) is 0 Å². The second-order valence-corrected chi connectivity index (χ2v) is 0. The fourth-order valence-corrected chi connectivity index (χ4v) is 0. The minimum absolute atomic E-state index is 0. The monoisotopic (exact) mass is 268 g/mol. The molecule has 0 unspecified atom stereocenters. The van der Waals surface area contributed by atoms with Crippen molar-refractivity contribution in [2.45, 2.75) is 0 Å². The van der Waals surface area contributed by atoms with Crippen LogP contribution in [0.1, 0.15) is 0 Å². The van der Waals surface area contributed by atoms with Crippen LogP contribution in [0, 0.1) is 40.8 Å². The van der Waals surface area contributed by atoms with E-state index in [1.807, 2.05) is 0 Å². The van der Waals surface area contributed by atoms with E-state index in [0.29, 0.717) is 0 Å². The van der Waals surface area contributed by atoms with Gasteiger partial charge in [0.05, 0.1) is 0 Å². The Kier molecular flexibility index (Phi) is 402. The van der Waals surface area contributed by atoms with Gasteiger partial charge in [0.15, 0.2) is 0 Å². The maximum absolute atomic E-state index is 0. The average Bonchev–Trinajstić information content (AvgIpc) is 0. The number of halogens is 3. The molecule has 2 N–H and O–H groups in total. The van der Waals surface area contributed by atoms with E-state index >= 15 is 0 Å². The van der Waals surface area contributed by atoms with Crippen molar-refractivity contribution in [1.82, 2.24) is 0 Å². The quantitative estimate of drug-likeness (QED) is 0.612. The molecule has 1 nitrogen and oxygen atoms in total. The van der Waals surface area contributed by atoms with E-state index in [1.165, 1.54) is 0 Å². The molecule has 36 valence electrons. The summed E-state index contributed by atoms with van der Waals surface area (Å²) in [5.41, 5.74) is 0. The predicted molar refractivity (Wildman–Crippen MR) is 25.4 cm³/mol. The first kappa shape index (κ1) is 57.7. The first-order valence-electron chi connectivity index (χ1n) is 0. The Hall–Kier alpha value is 2.18. The normalized spacial score (nSPS) is 0. The van der Waals surface area contributed by atoms with Crippen LogP contribution in [0.25, 0.3) is 0 Å². The zero-order valence-electron chi connectivity index (χ0n) is 2.22. The van der Waals surface area contributed by atoms with E-state index in [2.05, 4.69) is 0 Å². The number of rotatable bonds is 0. The summed E-state index contributed by atoms with van der Waals surface area (Å²) in [4.78, 5) is 0. The molecule has 0 aromatic heterocycles. The average molecular weight is 272 g/mol. The van der Waals surface area contributed by atoms with Crippen LogP contribution >= 0.6 is 37.2 Å². The Balaban J connectivity index is 0. The summed E-state index contributed by atoms with van der Waals surface area (Å²) in [5, 5.41) is 0. The molecule has 0 aliphatic heterocycles. The SMILES string of the molecule is Cl.Cl.Cl.O.[Nd]. The van der Waals surface area contributed by atoms with Crippen molar-refractivity contribution in [2.24, 2.45) is 0 Å². The van der Waals surface area contributed by atoms with Gasteiger partial charge in [0.2, 0.25) is 0 Å². The molecule has 0 radical (unpaired) electrons. The Bertz CT molecular complexity index is 6.85. The van der Waals surface area contributed by atoms with Crippen LogP contribution < -0.4 is 0 Å². The summed E-state index contributed by atoms with van der Waals surface area (Å²) in [6.45, 7) is 0. The molecule has 0 rings (SSSR count). The number of hydrogen-bond donors (Lipinski definition) is 0. The molecule has 0 aromatic rings. The van der Waals surface area contributed by atoms with Gasteiger partial charge in [-0.15, -0.1) is 37.2 Å². The maximum Gasteiger partial charge on any atom is 0 e. The largest absolute Gasteiger partial charge is 0.412 e. The molecule has 0 heterocycles. The second-order valence-electron chi connectivity index (χ2n) is 0. The van der Waals surface area contributed by atoms with E-state index in [0.717, 1.165) is 0 Å². The summed E-state index contributed by atoms with van der Waals surface area (Å²) in [5.74, 6) is 0. The third-order valence-electron chi connectivity index (χ3n) is 0. The van der Waals surface area contributed by atoms with Gasteiger partial charge in [0, 0.05) is 40.8 Å². The van der Waals surface area contributed by atoms with Crippen molar-refractivity contribution < 1.29 is 46.3 Å². The molecule has 0 saturated heterocycles. The standard InChI is InChI=1S/3ClH.Nd.H2O/h3*1H;;1H2. The van der Waals surface area contributed by atoms with Crippen molar-refractivity contribution in [2.75, 3.05) is 0 Å². The van der Waals surface area contributed by atoms with Gasteiger partial charge in [-0.05, 0) is 0 Å². The first-order valence-corrected chi connectivity index (χ1v) is 0. The third kappa shape index (κ3) is 22.7. The van der Waals surface area contributed by atoms with Crippen molar-refractivity contribution in [3.63, 3.8) is 0 Å². The van der Waals surface area contributed by atoms with Crippen LogP contribution in [0.5, 0.6) is 0 Å². The van der Waals surface area contributed by atoms with E-state index in [9.17, 15) is 0 Å². The van der Waals surface area contributed by atoms with Crippen LogP contribution in [-0.4, -0.2) is 5.48 Å². The predicted octanol–water partition coefficient (Wildman–Crippen LogP) is 0.441. The van der Waals surface area contributed by atoms with Gasteiger partial charge in [-0.1, -0.05) is 0 Å². The minimum Gasteiger partial charge on any atom is -0.412 e. The first-order chi connectivity index (χ1) is 0. The molecule has 0 fully saturated rings. The van der Waals surface area contributed by atoms with Crippen molar-refractivity contribution >= 4 is 37.2 Å². The van der Waals surface area contributed by atoms with E-state index in [-0.39, 0.29) is 83.5 Å². The van der Waals surface area contributed by atoms with Gasteiger partial charge in [0.25, 0.3) is 0 Å². The summed E-state index contributed by atoms with van der Waals surface area (Å²) in [6.07, 6.45) is 0. The number of hydrogen-bond acceptors (Lipinski definition) is 0. The Morgan fingerprint density at radius 2 is 0.600 bits per heavy atom. The Labute approximate surface area is 82.3 Å². The van der Waals surface area contributed by atoms with Gasteiger partial charge >= 0.3 is 0 Å². The smallest absolute Gasteiger partial charge is 0 e. The summed E-state index contributed by atoms with van der Waals surface area (Å²) >= 11 is 0. The zero-order chi connectivity index (χ0) is 0. The van der Waals surface area contributed by atoms with Gasteiger partial charge in [0.1, 0.15) is 0 Å². The molecule has 0 amide bonds. The maximum atomic E-state index is 0. The van der Waals surface area contributed by atoms with Gasteiger partial charge in [-0.25, -0.2) is 0 Å². The molecular weight excluding hydrogens is 267 g/mol. The van der Waals surface area contributed by atoms with Crippen molar-refractivity contribution in [1.29, 1.82) is 0 Å². The van der Waals surface area contributed by atoms with Gasteiger partial charge < -0.3 is 5.48 Å². The fourth-order valence-electron chi connectivity index (χ4n) is 0. The van der Waals surface area contributed by atoms with Gasteiger partial charge in [-0.3, -0.25) is 0 Å². The topological polar surface area (TPSA) is 31.5 Å². The van der Waals surface area contributed by atoms with E-state index in [1.54, 1.807) is 0 Å². The molecule has 5 heteroatoms. The van der Waals surface area contributed by atoms with Crippen molar-refractivity contribution in [3.05, 3.63) is 0 Å². The summed E-state index contributed by atoms with van der Waals surface area (Å²) in [6, 6.07) is 0. The van der Waals surface area contributed by atoms with Crippen LogP contribution in [-0.2, 0) is 0 Å². The fraction of sp³-hybridized carbons (Fsp3) is 0. The molecule has 0 aromatic carbocycles. The van der Waals surface area contributed by atoms with Crippen LogP contribution in [0.2, 0.25) is 0 Å². The van der Waals surface area contributed by atoms with E-state index in [4.69, 9.17) is 0 Å². The molecule has 0 aliphatic carbocycles. The van der Waals surface area contributed by atoms with Crippen molar-refractivity contribution in [3.8, 4) is 0 Å². The van der Waals surface area contributed by atoms with E-state index < -0.39 is 0 Å². The minimum atomic E-state index is 0. The molecule has 0 saturated carbocycles. The molecule has 0 atom stereocenters. The van der Waals surface area contributed by atoms with Crippen LogP contribution in [0.4, 0.5) is 0 Å². The van der Waals surface area contributed by atoms with Crippen LogP contribution in [0.15, 0.2) is 0 Å². The summed E-state index contributed by atoms with van der Waals surface area (Å²) < 4.78 is 0. The molecule has 0 spiro atoms. The Morgan fingerprint density at radius 3 is 0.600 bits per heavy atom. The molecule has 5 heavy (non-hydrogen) atoms. The molecule has 0 aliphatic rings. The molecule has 0 bridgehead atoms. The van der Waals surface area contributed by atoms with Crippen LogP contribution in [0.3, 0.4) is 0 Å².